The molecule has 0 radical (unpaired) electrons. The number of nitro benzene ring substituents is 1. The van der Waals surface area contributed by atoms with E-state index in [1.807, 2.05) is 12.2 Å². The smallest absolute Gasteiger partial charge is 0.309 e. The molecular weight excluding hydrogens is 234 g/mol. The molecule has 1 aromatic rings. The molecule has 0 spiro atoms. The zero-order valence-corrected chi connectivity index (χ0v) is 9.74. The van der Waals surface area contributed by atoms with Crippen molar-refractivity contribution in [3.05, 3.63) is 52.1 Å². The monoisotopic (exact) mass is 247 g/mol. The van der Waals surface area contributed by atoms with Crippen molar-refractivity contribution in [1.82, 2.24) is 0 Å². The van der Waals surface area contributed by atoms with Gasteiger partial charge in [0, 0.05) is 12.1 Å². The van der Waals surface area contributed by atoms with E-state index in [0.29, 0.717) is 0 Å². The van der Waals surface area contributed by atoms with E-state index in [2.05, 4.69) is 0 Å². The molecular formula is C13H13NO4. The number of nitrogens with zero attached hydrogens (tertiary/aromatic N) is 1. The molecule has 0 fully saturated rings. The van der Waals surface area contributed by atoms with Crippen molar-refractivity contribution in [3.8, 4) is 0 Å². The molecule has 1 aliphatic rings. The van der Waals surface area contributed by atoms with Crippen LogP contribution < -0.4 is 0 Å². The number of esters is 1. The molecule has 94 valence electrons. The number of benzene rings is 1. The zero-order chi connectivity index (χ0) is 13.0. The highest BCUT2D eigenvalue weighted by molar-refractivity contribution is 5.73. The normalized spacial score (nSPS) is 14.7. The molecule has 0 saturated heterocycles. The SMILES string of the molecule is O=C(OCc1ccc([N+](=O)[O-])cc1)C1CC=CC1. The second-order valence-electron chi connectivity index (χ2n) is 4.17. The van der Waals surface area contributed by atoms with Crippen molar-refractivity contribution in [1.29, 1.82) is 0 Å². The number of carbonyl (C=O) groups excluding carboxylic acids is 1. The Balaban J connectivity index is 1.86. The first kappa shape index (κ1) is 12.3. The molecule has 0 unspecified atom stereocenters. The van der Waals surface area contributed by atoms with Crippen LogP contribution in [0.25, 0.3) is 0 Å². The summed E-state index contributed by atoms with van der Waals surface area (Å²) in [6.45, 7) is 0.160. The predicted molar refractivity (Wildman–Crippen MR) is 64.8 cm³/mol. The lowest BCUT2D eigenvalue weighted by atomic mass is 10.1. The molecule has 2 rings (SSSR count). The second kappa shape index (κ2) is 5.44. The highest BCUT2D eigenvalue weighted by Gasteiger charge is 2.20. The molecule has 0 atom stereocenters. The van der Waals surface area contributed by atoms with Crippen LogP contribution in [-0.4, -0.2) is 10.9 Å². The number of ether oxygens (including phenoxy) is 1. The fraction of sp³-hybridized carbons (Fsp3) is 0.308. The third-order valence-corrected chi connectivity index (χ3v) is 2.87. The highest BCUT2D eigenvalue weighted by atomic mass is 16.6. The van der Waals surface area contributed by atoms with Gasteiger partial charge in [-0.3, -0.25) is 14.9 Å². The minimum absolute atomic E-state index is 0.0325. The van der Waals surface area contributed by atoms with Gasteiger partial charge in [0.05, 0.1) is 10.8 Å². The van der Waals surface area contributed by atoms with Crippen LogP contribution in [0.2, 0.25) is 0 Å². The van der Waals surface area contributed by atoms with Crippen molar-refractivity contribution < 1.29 is 14.5 Å². The maximum Gasteiger partial charge on any atom is 0.309 e. The van der Waals surface area contributed by atoms with E-state index < -0.39 is 4.92 Å². The number of nitro groups is 1. The van der Waals surface area contributed by atoms with E-state index in [1.165, 1.54) is 12.1 Å². The number of non-ortho nitro benzene ring substituents is 1. The lowest BCUT2D eigenvalue weighted by Crippen LogP contribution is -2.14. The molecule has 0 bridgehead atoms. The molecule has 0 aromatic heterocycles. The average molecular weight is 247 g/mol. The first-order valence-corrected chi connectivity index (χ1v) is 5.72. The van der Waals surface area contributed by atoms with Gasteiger partial charge in [0.1, 0.15) is 6.61 Å². The van der Waals surface area contributed by atoms with Crippen molar-refractivity contribution in [3.63, 3.8) is 0 Å². The summed E-state index contributed by atoms with van der Waals surface area (Å²) in [5.74, 6) is -0.276. The Kier molecular flexibility index (Phi) is 3.72. The molecule has 5 heteroatoms. The Morgan fingerprint density at radius 3 is 2.44 bits per heavy atom. The van der Waals surface area contributed by atoms with Crippen molar-refractivity contribution in [2.45, 2.75) is 19.4 Å². The molecule has 1 aromatic carbocycles. The fourth-order valence-corrected chi connectivity index (χ4v) is 1.80. The van der Waals surface area contributed by atoms with E-state index in [-0.39, 0.29) is 24.2 Å². The summed E-state index contributed by atoms with van der Waals surface area (Å²) in [6.07, 6.45) is 5.41. The number of rotatable bonds is 4. The molecule has 0 N–H and O–H groups in total. The first-order valence-electron chi connectivity index (χ1n) is 5.72. The van der Waals surface area contributed by atoms with Gasteiger partial charge < -0.3 is 4.74 Å². The van der Waals surface area contributed by atoms with Crippen LogP contribution in [0.1, 0.15) is 18.4 Å². The average Bonchev–Trinajstić information content (AvgIpc) is 2.90. The lowest BCUT2D eigenvalue weighted by Gasteiger charge is -2.09. The molecule has 18 heavy (non-hydrogen) atoms. The Morgan fingerprint density at radius 2 is 1.89 bits per heavy atom. The summed E-state index contributed by atoms with van der Waals surface area (Å²) in [4.78, 5) is 21.6. The minimum Gasteiger partial charge on any atom is -0.461 e. The van der Waals surface area contributed by atoms with E-state index in [0.717, 1.165) is 18.4 Å². The Labute approximate surface area is 104 Å². The summed E-state index contributed by atoms with van der Waals surface area (Å²) >= 11 is 0. The largest absolute Gasteiger partial charge is 0.461 e. The number of allylic oxidation sites excluding steroid dienone is 2. The van der Waals surface area contributed by atoms with E-state index in [1.54, 1.807) is 12.1 Å². The van der Waals surface area contributed by atoms with Gasteiger partial charge in [-0.25, -0.2) is 0 Å². The van der Waals surface area contributed by atoms with Gasteiger partial charge in [0.25, 0.3) is 5.69 Å². The standard InChI is InChI=1S/C13H13NO4/c15-13(11-3-1-2-4-11)18-9-10-5-7-12(8-6-10)14(16)17/h1-2,5-8,11H,3-4,9H2. The van der Waals surface area contributed by atoms with Gasteiger partial charge in [-0.05, 0) is 30.5 Å². The molecule has 0 saturated carbocycles. The van der Waals surface area contributed by atoms with Crippen LogP contribution in [-0.2, 0) is 16.1 Å². The van der Waals surface area contributed by atoms with Gasteiger partial charge in [-0.1, -0.05) is 12.2 Å². The van der Waals surface area contributed by atoms with Crippen LogP contribution in [0, 0.1) is 16.0 Å². The molecule has 1 aliphatic carbocycles. The quantitative estimate of drug-likeness (QED) is 0.355. The van der Waals surface area contributed by atoms with Crippen molar-refractivity contribution >= 4 is 11.7 Å². The van der Waals surface area contributed by atoms with Crippen LogP contribution in [0.5, 0.6) is 0 Å². The predicted octanol–water partition coefficient (Wildman–Crippen LogP) is 2.60. The number of hydrogen-bond donors (Lipinski definition) is 0. The maximum atomic E-state index is 11.6. The Morgan fingerprint density at radius 1 is 1.28 bits per heavy atom. The Bertz CT molecular complexity index is 470. The first-order chi connectivity index (χ1) is 8.66. The highest BCUT2D eigenvalue weighted by Crippen LogP contribution is 2.20. The summed E-state index contributed by atoms with van der Waals surface area (Å²) in [6, 6.07) is 6.00. The lowest BCUT2D eigenvalue weighted by molar-refractivity contribution is -0.384. The van der Waals surface area contributed by atoms with Crippen LogP contribution in [0.4, 0.5) is 5.69 Å². The molecule has 5 nitrogen and oxygen atoms in total. The van der Waals surface area contributed by atoms with Crippen molar-refractivity contribution in [2.75, 3.05) is 0 Å². The minimum atomic E-state index is -0.458. The number of carbonyl (C=O) groups is 1. The third-order valence-electron chi connectivity index (χ3n) is 2.87. The zero-order valence-electron chi connectivity index (χ0n) is 9.74. The van der Waals surface area contributed by atoms with Gasteiger partial charge in [0.15, 0.2) is 0 Å². The van der Waals surface area contributed by atoms with Gasteiger partial charge >= 0.3 is 5.97 Å². The van der Waals surface area contributed by atoms with E-state index >= 15 is 0 Å². The third kappa shape index (κ3) is 2.94. The van der Waals surface area contributed by atoms with E-state index in [9.17, 15) is 14.9 Å². The van der Waals surface area contributed by atoms with E-state index in [4.69, 9.17) is 4.74 Å². The maximum absolute atomic E-state index is 11.6. The molecule has 0 heterocycles. The van der Waals surface area contributed by atoms with Crippen LogP contribution in [0.3, 0.4) is 0 Å². The van der Waals surface area contributed by atoms with Crippen LogP contribution in [0.15, 0.2) is 36.4 Å². The fourth-order valence-electron chi connectivity index (χ4n) is 1.80. The van der Waals surface area contributed by atoms with Crippen LogP contribution >= 0.6 is 0 Å². The van der Waals surface area contributed by atoms with Gasteiger partial charge in [0.2, 0.25) is 0 Å². The molecule has 0 amide bonds. The topological polar surface area (TPSA) is 69.4 Å². The van der Waals surface area contributed by atoms with Gasteiger partial charge in [-0.15, -0.1) is 0 Å². The summed E-state index contributed by atoms with van der Waals surface area (Å²) in [7, 11) is 0. The summed E-state index contributed by atoms with van der Waals surface area (Å²) < 4.78 is 5.16. The van der Waals surface area contributed by atoms with Crippen molar-refractivity contribution in [2.24, 2.45) is 5.92 Å². The number of hydrogen-bond acceptors (Lipinski definition) is 4. The second-order valence-corrected chi connectivity index (χ2v) is 4.17. The summed E-state index contributed by atoms with van der Waals surface area (Å²) in [5, 5.41) is 10.5. The Hall–Kier alpha value is -2.17. The van der Waals surface area contributed by atoms with Gasteiger partial charge in [-0.2, -0.15) is 0 Å². The molecule has 0 aliphatic heterocycles. The summed E-state index contributed by atoms with van der Waals surface area (Å²) in [5.41, 5.74) is 0.782.